The van der Waals surface area contributed by atoms with E-state index in [1.807, 2.05) is 4.68 Å². The minimum Gasteiger partial charge on any atom is -0.481 e. The lowest BCUT2D eigenvalue weighted by Gasteiger charge is -2.27. The van der Waals surface area contributed by atoms with Gasteiger partial charge in [-0.15, -0.1) is 0 Å². The lowest BCUT2D eigenvalue weighted by molar-refractivity contribution is -0.138. The lowest BCUT2D eigenvalue weighted by atomic mass is 9.84. The van der Waals surface area contributed by atoms with Gasteiger partial charge in [0, 0.05) is 6.42 Å². The van der Waals surface area contributed by atoms with Crippen molar-refractivity contribution in [1.29, 1.82) is 0 Å². The molecule has 0 aromatic carbocycles. The number of hydrogen-bond donors (Lipinski definition) is 1. The van der Waals surface area contributed by atoms with Crippen LogP contribution in [0.2, 0.25) is 0 Å². The zero-order valence-corrected chi connectivity index (χ0v) is 8.54. The number of aliphatic carboxylic acids is 1. The molecule has 0 radical (unpaired) electrons. The fourth-order valence-electron chi connectivity index (χ4n) is 2.27. The summed E-state index contributed by atoms with van der Waals surface area (Å²) in [6.07, 6.45) is 7.59. The Hall–Kier alpha value is -1.39. The Kier molecular flexibility index (Phi) is 2.99. The van der Waals surface area contributed by atoms with Gasteiger partial charge in [-0.1, -0.05) is 0 Å². The summed E-state index contributed by atoms with van der Waals surface area (Å²) in [6.45, 7) is 0. The van der Waals surface area contributed by atoms with Crippen molar-refractivity contribution >= 4 is 5.97 Å². The van der Waals surface area contributed by atoms with E-state index in [1.54, 1.807) is 12.7 Å². The molecule has 1 saturated carbocycles. The van der Waals surface area contributed by atoms with Crippen LogP contribution >= 0.6 is 0 Å². The minimum absolute atomic E-state index is 0.310. The molecular weight excluding hydrogens is 194 g/mol. The van der Waals surface area contributed by atoms with Crippen LogP contribution in [-0.2, 0) is 4.79 Å². The predicted octanol–water partition coefficient (Wildman–Crippen LogP) is 1.48. The molecule has 82 valence electrons. The molecular formula is C10H15N3O2. The molecule has 1 aliphatic rings. The molecule has 1 aromatic rings. The predicted molar refractivity (Wildman–Crippen MR) is 53.3 cm³/mol. The molecule has 0 unspecified atom stereocenters. The Morgan fingerprint density at radius 1 is 1.40 bits per heavy atom. The zero-order chi connectivity index (χ0) is 10.7. The fourth-order valence-corrected chi connectivity index (χ4v) is 2.27. The number of rotatable bonds is 3. The van der Waals surface area contributed by atoms with E-state index in [0.29, 0.717) is 18.4 Å². The second-order valence-electron chi connectivity index (χ2n) is 4.15. The normalized spacial score (nSPS) is 26.4. The highest BCUT2D eigenvalue weighted by Gasteiger charge is 2.24. The first kappa shape index (κ1) is 10.1. The molecule has 1 aliphatic carbocycles. The molecule has 5 heteroatoms. The van der Waals surface area contributed by atoms with E-state index in [4.69, 9.17) is 5.11 Å². The summed E-state index contributed by atoms with van der Waals surface area (Å²) in [5, 5.41) is 12.8. The van der Waals surface area contributed by atoms with Crippen LogP contribution in [0.25, 0.3) is 0 Å². The molecule has 1 fully saturated rings. The largest absolute Gasteiger partial charge is 0.481 e. The molecule has 1 aromatic heterocycles. The summed E-state index contributed by atoms with van der Waals surface area (Å²) >= 11 is 0. The van der Waals surface area contributed by atoms with Crippen molar-refractivity contribution in [2.45, 2.75) is 38.1 Å². The van der Waals surface area contributed by atoms with E-state index in [-0.39, 0.29) is 0 Å². The number of hydrogen-bond acceptors (Lipinski definition) is 3. The average molecular weight is 209 g/mol. The van der Waals surface area contributed by atoms with E-state index < -0.39 is 5.97 Å². The maximum Gasteiger partial charge on any atom is 0.303 e. The molecule has 1 heterocycles. The van der Waals surface area contributed by atoms with Gasteiger partial charge in [0.1, 0.15) is 12.7 Å². The van der Waals surface area contributed by atoms with Gasteiger partial charge in [0.05, 0.1) is 6.04 Å². The highest BCUT2D eigenvalue weighted by Crippen LogP contribution is 2.32. The van der Waals surface area contributed by atoms with Gasteiger partial charge in [-0.05, 0) is 31.6 Å². The molecule has 2 rings (SSSR count). The van der Waals surface area contributed by atoms with Crippen LogP contribution < -0.4 is 0 Å². The van der Waals surface area contributed by atoms with Crippen molar-refractivity contribution in [2.75, 3.05) is 0 Å². The van der Waals surface area contributed by atoms with Gasteiger partial charge in [0.2, 0.25) is 0 Å². The van der Waals surface area contributed by atoms with Gasteiger partial charge in [0.15, 0.2) is 0 Å². The zero-order valence-electron chi connectivity index (χ0n) is 8.54. The second-order valence-corrected chi connectivity index (χ2v) is 4.15. The van der Waals surface area contributed by atoms with Gasteiger partial charge in [-0.25, -0.2) is 9.67 Å². The summed E-state index contributed by atoms with van der Waals surface area (Å²) < 4.78 is 1.89. The maximum absolute atomic E-state index is 10.6. The van der Waals surface area contributed by atoms with E-state index in [2.05, 4.69) is 10.1 Å². The summed E-state index contributed by atoms with van der Waals surface area (Å²) in [5.74, 6) is -0.332. The summed E-state index contributed by atoms with van der Waals surface area (Å²) in [6, 6.07) is 0.414. The molecule has 0 saturated heterocycles. The Labute approximate surface area is 88.1 Å². The smallest absolute Gasteiger partial charge is 0.303 e. The average Bonchev–Trinajstić information content (AvgIpc) is 2.71. The number of carboxylic acid groups (broad SMARTS) is 1. The van der Waals surface area contributed by atoms with Gasteiger partial charge >= 0.3 is 5.97 Å². The van der Waals surface area contributed by atoms with Crippen molar-refractivity contribution in [3.63, 3.8) is 0 Å². The SMILES string of the molecule is O=C(O)CC1CCC(n2cncn2)CC1. The Morgan fingerprint density at radius 3 is 2.67 bits per heavy atom. The number of nitrogens with zero attached hydrogens (tertiary/aromatic N) is 3. The molecule has 0 spiro atoms. The van der Waals surface area contributed by atoms with Crippen molar-refractivity contribution in [3.05, 3.63) is 12.7 Å². The topological polar surface area (TPSA) is 68.0 Å². The molecule has 5 nitrogen and oxygen atoms in total. The van der Waals surface area contributed by atoms with Crippen molar-refractivity contribution < 1.29 is 9.90 Å². The Morgan fingerprint density at radius 2 is 2.13 bits per heavy atom. The Balaban J connectivity index is 1.84. The van der Waals surface area contributed by atoms with Crippen molar-refractivity contribution in [1.82, 2.24) is 14.8 Å². The van der Waals surface area contributed by atoms with Gasteiger partial charge in [-0.3, -0.25) is 4.79 Å². The van der Waals surface area contributed by atoms with Gasteiger partial charge in [0.25, 0.3) is 0 Å². The van der Waals surface area contributed by atoms with Crippen LogP contribution in [0.4, 0.5) is 0 Å². The third-order valence-corrected chi connectivity index (χ3v) is 3.09. The molecule has 0 aliphatic heterocycles. The van der Waals surface area contributed by atoms with Crippen molar-refractivity contribution in [2.24, 2.45) is 5.92 Å². The van der Waals surface area contributed by atoms with Crippen LogP contribution in [0.3, 0.4) is 0 Å². The van der Waals surface area contributed by atoms with Crippen LogP contribution in [0.1, 0.15) is 38.1 Å². The minimum atomic E-state index is -0.681. The fraction of sp³-hybridized carbons (Fsp3) is 0.700. The first-order chi connectivity index (χ1) is 7.25. The van der Waals surface area contributed by atoms with Gasteiger partial charge < -0.3 is 5.11 Å². The molecule has 0 amide bonds. The highest BCUT2D eigenvalue weighted by molar-refractivity contribution is 5.67. The monoisotopic (exact) mass is 209 g/mol. The molecule has 0 bridgehead atoms. The quantitative estimate of drug-likeness (QED) is 0.818. The van der Waals surface area contributed by atoms with Crippen LogP contribution in [0, 0.1) is 5.92 Å². The van der Waals surface area contributed by atoms with E-state index in [0.717, 1.165) is 25.7 Å². The Bertz CT molecular complexity index is 315. The summed E-state index contributed by atoms with van der Waals surface area (Å²) in [7, 11) is 0. The first-order valence-corrected chi connectivity index (χ1v) is 5.31. The molecule has 1 N–H and O–H groups in total. The van der Waals surface area contributed by atoms with E-state index in [1.165, 1.54) is 0 Å². The number of carboxylic acids is 1. The first-order valence-electron chi connectivity index (χ1n) is 5.31. The summed E-state index contributed by atoms with van der Waals surface area (Å²) in [5.41, 5.74) is 0. The van der Waals surface area contributed by atoms with Crippen LogP contribution in [0.5, 0.6) is 0 Å². The third-order valence-electron chi connectivity index (χ3n) is 3.09. The summed E-state index contributed by atoms with van der Waals surface area (Å²) in [4.78, 5) is 14.5. The standard InChI is InChI=1S/C10H15N3O2/c14-10(15)5-8-1-3-9(4-2-8)13-7-11-6-12-13/h6-9H,1-5H2,(H,14,15). The van der Waals surface area contributed by atoms with Gasteiger partial charge in [-0.2, -0.15) is 5.10 Å². The highest BCUT2D eigenvalue weighted by atomic mass is 16.4. The lowest BCUT2D eigenvalue weighted by Crippen LogP contribution is -2.20. The molecule has 0 atom stereocenters. The van der Waals surface area contributed by atoms with Crippen LogP contribution in [-0.4, -0.2) is 25.8 Å². The van der Waals surface area contributed by atoms with Crippen molar-refractivity contribution in [3.8, 4) is 0 Å². The second kappa shape index (κ2) is 4.42. The van der Waals surface area contributed by atoms with Crippen LogP contribution in [0.15, 0.2) is 12.7 Å². The third kappa shape index (κ3) is 2.55. The van der Waals surface area contributed by atoms with E-state index in [9.17, 15) is 4.79 Å². The number of aromatic nitrogens is 3. The maximum atomic E-state index is 10.6. The molecule has 15 heavy (non-hydrogen) atoms. The number of carbonyl (C=O) groups is 1. The van der Waals surface area contributed by atoms with E-state index >= 15 is 0 Å².